The summed E-state index contributed by atoms with van der Waals surface area (Å²) in [6, 6.07) is 62.3. The topological polar surface area (TPSA) is 8.17 Å². The summed E-state index contributed by atoms with van der Waals surface area (Å²) in [6.45, 7) is 0. The van der Waals surface area contributed by atoms with Crippen molar-refractivity contribution in [1.82, 2.24) is 4.57 Å². The first-order chi connectivity index (χ1) is 28.4. The minimum absolute atomic E-state index is 0.0619. The number of fused-ring (bicyclic) bond motifs is 3. The smallest absolute Gasteiger partial charge is 0.0645 e. The molecule has 0 N–H and O–H groups in total. The van der Waals surface area contributed by atoms with E-state index in [0.29, 0.717) is 11.1 Å². The van der Waals surface area contributed by atoms with Gasteiger partial charge in [-0.15, -0.1) is 0 Å². The molecule has 0 saturated carbocycles. The summed E-state index contributed by atoms with van der Waals surface area (Å²) >= 11 is 0. The lowest BCUT2D eigenvalue weighted by Gasteiger charge is -2.27. The van der Waals surface area contributed by atoms with Crippen molar-refractivity contribution < 1.29 is 5.48 Å². The number of para-hydroxylation sites is 3. The number of hydrogen-bond donors (Lipinski definition) is 0. The molecule has 11 rings (SSSR count). The number of aromatic nitrogens is 1. The molecule has 252 valence electrons. The molecule has 0 aliphatic carbocycles. The molecular formula is C52H34N2. The molecule has 54 heavy (non-hydrogen) atoms. The van der Waals surface area contributed by atoms with Gasteiger partial charge in [0.15, 0.2) is 0 Å². The Labute approximate surface area is 319 Å². The van der Waals surface area contributed by atoms with E-state index in [-0.39, 0.29) is 29.9 Å². The monoisotopic (exact) mass is 690 g/mol. The normalized spacial score (nSPS) is 12.7. The third-order valence-electron chi connectivity index (χ3n) is 10.7. The molecule has 0 aliphatic rings. The van der Waals surface area contributed by atoms with Crippen molar-refractivity contribution in [2.24, 2.45) is 0 Å². The molecule has 0 amide bonds. The van der Waals surface area contributed by atoms with Gasteiger partial charge in [-0.3, -0.25) is 0 Å². The highest BCUT2D eigenvalue weighted by Crippen LogP contribution is 2.43. The van der Waals surface area contributed by atoms with E-state index >= 15 is 0 Å². The SMILES string of the molecule is [2H]c1c([2H])c(-n2c3ccccc3c3ccccc32)c([2H])c([2H])c1-c1cc2ccc3cc(N(c4ccccc4)c4ccc(-c5ccccc5)cc4)cc4ccc(c1)c2c34. The zero-order chi connectivity index (χ0) is 39.1. The van der Waals surface area contributed by atoms with Gasteiger partial charge in [0.2, 0.25) is 0 Å². The van der Waals surface area contributed by atoms with Crippen molar-refractivity contribution in [1.29, 1.82) is 0 Å². The van der Waals surface area contributed by atoms with Crippen molar-refractivity contribution >= 4 is 71.2 Å². The molecule has 0 fully saturated rings. The van der Waals surface area contributed by atoms with E-state index in [2.05, 4.69) is 114 Å². The van der Waals surface area contributed by atoms with Crippen LogP contribution in [0, 0.1) is 0 Å². The van der Waals surface area contributed by atoms with Gasteiger partial charge < -0.3 is 9.47 Å². The molecule has 0 saturated heterocycles. The van der Waals surface area contributed by atoms with Gasteiger partial charge in [0.25, 0.3) is 0 Å². The van der Waals surface area contributed by atoms with Crippen molar-refractivity contribution in [2.75, 3.05) is 4.90 Å². The fourth-order valence-corrected chi connectivity index (χ4v) is 8.28. The lowest BCUT2D eigenvalue weighted by molar-refractivity contribution is 1.18. The molecular weight excluding hydrogens is 653 g/mol. The van der Waals surface area contributed by atoms with Crippen molar-refractivity contribution in [2.45, 2.75) is 0 Å². The predicted molar refractivity (Wildman–Crippen MR) is 230 cm³/mol. The minimum atomic E-state index is -0.0715. The van der Waals surface area contributed by atoms with Crippen LogP contribution < -0.4 is 4.90 Å². The third kappa shape index (κ3) is 4.88. The molecule has 0 spiro atoms. The van der Waals surface area contributed by atoms with E-state index in [1.165, 1.54) is 11.1 Å². The van der Waals surface area contributed by atoms with Crippen LogP contribution in [0.3, 0.4) is 0 Å². The van der Waals surface area contributed by atoms with Gasteiger partial charge >= 0.3 is 0 Å². The van der Waals surface area contributed by atoms with Gasteiger partial charge in [0.1, 0.15) is 0 Å². The average Bonchev–Trinajstić information content (AvgIpc) is 3.60. The van der Waals surface area contributed by atoms with Crippen LogP contribution in [0.25, 0.3) is 82.1 Å². The van der Waals surface area contributed by atoms with Crippen LogP contribution in [0.5, 0.6) is 0 Å². The van der Waals surface area contributed by atoms with Gasteiger partial charge in [-0.1, -0.05) is 133 Å². The molecule has 11 aromatic rings. The average molecular weight is 691 g/mol. The molecule has 1 aromatic heterocycles. The standard InChI is InChI=1S/C52H34N2/c1-3-11-35(12-4-1)36-23-27-44(28-24-36)53(43-13-5-2-6-14-43)46-33-40-21-19-38-31-42(32-39-20-22-41(34-46)52(40)51(38)39)37-25-29-45(30-26-37)54-49-17-9-7-15-47(49)48-16-8-10-18-50(48)54/h1-34H/i25D,26D,29D,30D. The molecule has 2 heteroatoms. The van der Waals surface area contributed by atoms with Crippen LogP contribution in [0.15, 0.2) is 206 Å². The lowest BCUT2D eigenvalue weighted by Crippen LogP contribution is -2.09. The summed E-state index contributed by atoms with van der Waals surface area (Å²) in [5, 5.41) is 8.46. The first kappa shape index (κ1) is 26.6. The largest absolute Gasteiger partial charge is 0.310 e. The van der Waals surface area contributed by atoms with Gasteiger partial charge in [0, 0.05) is 33.5 Å². The summed E-state index contributed by atoms with van der Waals surface area (Å²) in [4.78, 5) is 2.30. The fraction of sp³-hybridized carbons (Fsp3) is 0. The molecule has 0 bridgehead atoms. The second-order valence-corrected chi connectivity index (χ2v) is 13.9. The highest BCUT2D eigenvalue weighted by molar-refractivity contribution is 6.24. The Bertz CT molecular complexity index is 3230. The quantitative estimate of drug-likeness (QED) is 0.158. The zero-order valence-corrected chi connectivity index (χ0v) is 29.2. The molecule has 0 aliphatic heterocycles. The van der Waals surface area contributed by atoms with Crippen molar-refractivity contribution in [3.05, 3.63) is 206 Å². The molecule has 1 heterocycles. The Morgan fingerprint density at radius 3 is 1.39 bits per heavy atom. The maximum absolute atomic E-state index is 9.34. The Morgan fingerprint density at radius 2 is 0.815 bits per heavy atom. The van der Waals surface area contributed by atoms with E-state index in [0.717, 1.165) is 71.2 Å². The second-order valence-electron chi connectivity index (χ2n) is 13.9. The molecule has 2 nitrogen and oxygen atoms in total. The van der Waals surface area contributed by atoms with Gasteiger partial charge in [0.05, 0.1) is 16.5 Å². The maximum Gasteiger partial charge on any atom is 0.0645 e. The zero-order valence-electron chi connectivity index (χ0n) is 33.2. The summed E-state index contributed by atoms with van der Waals surface area (Å²) in [7, 11) is 0. The first-order valence-corrected chi connectivity index (χ1v) is 18.3. The highest BCUT2D eigenvalue weighted by atomic mass is 15.1. The van der Waals surface area contributed by atoms with Crippen molar-refractivity contribution in [3.63, 3.8) is 0 Å². The van der Waals surface area contributed by atoms with E-state index < -0.39 is 0 Å². The highest BCUT2D eigenvalue weighted by Gasteiger charge is 2.17. The number of hydrogen-bond acceptors (Lipinski definition) is 1. The van der Waals surface area contributed by atoms with Crippen LogP contribution in [0.2, 0.25) is 0 Å². The summed E-state index contributed by atoms with van der Waals surface area (Å²) in [5.74, 6) is 0. The number of anilines is 3. The Balaban J connectivity index is 1.04. The second kappa shape index (κ2) is 12.2. The summed E-state index contributed by atoms with van der Waals surface area (Å²) < 4.78 is 39.2. The van der Waals surface area contributed by atoms with E-state index in [4.69, 9.17) is 0 Å². The summed E-state index contributed by atoms with van der Waals surface area (Å²) in [6.07, 6.45) is 0. The number of rotatable bonds is 6. The molecule has 0 unspecified atom stereocenters. The minimum Gasteiger partial charge on any atom is -0.310 e. The van der Waals surface area contributed by atoms with E-state index in [9.17, 15) is 5.48 Å². The van der Waals surface area contributed by atoms with Crippen LogP contribution in [-0.2, 0) is 0 Å². The third-order valence-corrected chi connectivity index (χ3v) is 10.7. The Morgan fingerprint density at radius 1 is 0.352 bits per heavy atom. The van der Waals surface area contributed by atoms with E-state index in [1.54, 1.807) is 0 Å². The molecule has 0 atom stereocenters. The van der Waals surface area contributed by atoms with Gasteiger partial charge in [-0.05, 0) is 127 Å². The molecule has 10 aromatic carbocycles. The maximum atomic E-state index is 9.34. The van der Waals surface area contributed by atoms with Crippen LogP contribution in [0.4, 0.5) is 17.1 Å². The van der Waals surface area contributed by atoms with Gasteiger partial charge in [-0.2, -0.15) is 0 Å². The van der Waals surface area contributed by atoms with Crippen molar-refractivity contribution in [3.8, 4) is 27.9 Å². The fourth-order valence-electron chi connectivity index (χ4n) is 8.28. The van der Waals surface area contributed by atoms with Crippen LogP contribution >= 0.6 is 0 Å². The number of benzene rings is 10. The Kier molecular flexibility index (Phi) is 6.02. The molecule has 0 radical (unpaired) electrons. The Hall–Kier alpha value is -7.16. The van der Waals surface area contributed by atoms with Crippen LogP contribution in [0.1, 0.15) is 5.48 Å². The predicted octanol–water partition coefficient (Wildman–Crippen LogP) is 14.5. The van der Waals surface area contributed by atoms with Gasteiger partial charge in [-0.25, -0.2) is 0 Å². The summed E-state index contributed by atoms with van der Waals surface area (Å²) in [5.41, 5.74) is 8.42. The number of nitrogens with zero attached hydrogens (tertiary/aromatic N) is 2. The lowest BCUT2D eigenvalue weighted by atomic mass is 9.91. The first-order valence-electron chi connectivity index (χ1n) is 20.3. The van der Waals surface area contributed by atoms with Crippen LogP contribution in [-0.4, -0.2) is 4.57 Å². The van der Waals surface area contributed by atoms with E-state index in [1.807, 2.05) is 77.4 Å².